The van der Waals surface area contributed by atoms with Gasteiger partial charge in [-0.15, -0.1) is 0 Å². The van der Waals surface area contributed by atoms with Crippen molar-refractivity contribution in [2.45, 2.75) is 25.1 Å². The Morgan fingerprint density at radius 3 is 2.28 bits per heavy atom. The second-order valence-corrected chi connectivity index (χ2v) is 3.49. The van der Waals surface area contributed by atoms with Crippen LogP contribution in [0.1, 0.15) is 12.1 Å². The molecule has 0 saturated carbocycles. The van der Waals surface area contributed by atoms with Crippen LogP contribution in [0.15, 0.2) is 18.3 Å². The minimum Gasteiger partial charge on any atom is -0.492 e. The standard InChI is InChI=1S/C10H11F5N2O/c11-9(12,10(13,14)15)3-4-18-8-2-1-7(5-16)17-6-8/h1-2,6H,3-5,16H2. The number of alkyl halides is 5. The van der Waals surface area contributed by atoms with Crippen LogP contribution in [-0.2, 0) is 6.54 Å². The van der Waals surface area contributed by atoms with E-state index in [-0.39, 0.29) is 12.3 Å². The Bertz CT molecular complexity index is 377. The van der Waals surface area contributed by atoms with Crippen molar-refractivity contribution in [3.05, 3.63) is 24.0 Å². The van der Waals surface area contributed by atoms with Crippen LogP contribution in [0.5, 0.6) is 5.75 Å². The molecule has 0 atom stereocenters. The lowest BCUT2D eigenvalue weighted by Crippen LogP contribution is -2.37. The van der Waals surface area contributed by atoms with E-state index in [1.54, 1.807) is 0 Å². The molecule has 0 aliphatic heterocycles. The molecule has 0 radical (unpaired) electrons. The van der Waals surface area contributed by atoms with Gasteiger partial charge in [0.15, 0.2) is 0 Å². The number of rotatable bonds is 5. The minimum atomic E-state index is -5.56. The van der Waals surface area contributed by atoms with E-state index >= 15 is 0 Å². The SMILES string of the molecule is NCc1ccc(OCCC(F)(F)C(F)(F)F)cn1. The van der Waals surface area contributed by atoms with Gasteiger partial charge in [0.2, 0.25) is 0 Å². The van der Waals surface area contributed by atoms with Crippen LogP contribution < -0.4 is 10.5 Å². The fourth-order valence-corrected chi connectivity index (χ4v) is 1.06. The van der Waals surface area contributed by atoms with Crippen molar-refractivity contribution in [1.29, 1.82) is 0 Å². The number of nitrogens with two attached hydrogens (primary N) is 1. The molecular weight excluding hydrogens is 259 g/mol. The van der Waals surface area contributed by atoms with Crippen LogP contribution in [0.4, 0.5) is 22.0 Å². The molecule has 0 spiro atoms. The molecule has 18 heavy (non-hydrogen) atoms. The molecule has 2 N–H and O–H groups in total. The zero-order valence-electron chi connectivity index (χ0n) is 9.18. The van der Waals surface area contributed by atoms with Gasteiger partial charge in [0.05, 0.1) is 24.9 Å². The van der Waals surface area contributed by atoms with Crippen molar-refractivity contribution < 1.29 is 26.7 Å². The van der Waals surface area contributed by atoms with E-state index in [9.17, 15) is 22.0 Å². The first-order valence-electron chi connectivity index (χ1n) is 4.98. The van der Waals surface area contributed by atoms with Gasteiger partial charge < -0.3 is 10.5 Å². The van der Waals surface area contributed by atoms with Gasteiger partial charge in [-0.05, 0) is 12.1 Å². The van der Waals surface area contributed by atoms with Gasteiger partial charge in [-0.3, -0.25) is 4.98 Å². The first-order valence-corrected chi connectivity index (χ1v) is 4.98. The molecular formula is C10H11F5N2O. The largest absolute Gasteiger partial charge is 0.492 e. The van der Waals surface area contributed by atoms with Crippen LogP contribution in [-0.4, -0.2) is 23.7 Å². The molecule has 0 aliphatic rings. The van der Waals surface area contributed by atoms with Crippen LogP contribution in [0.3, 0.4) is 0 Å². The molecule has 0 amide bonds. The summed E-state index contributed by atoms with van der Waals surface area (Å²) < 4.78 is 65.3. The molecule has 0 saturated heterocycles. The molecule has 102 valence electrons. The van der Waals surface area contributed by atoms with E-state index in [0.29, 0.717) is 5.69 Å². The smallest absolute Gasteiger partial charge is 0.453 e. The van der Waals surface area contributed by atoms with Gasteiger partial charge >= 0.3 is 12.1 Å². The molecule has 1 aromatic rings. The van der Waals surface area contributed by atoms with Crippen LogP contribution >= 0.6 is 0 Å². The molecule has 0 bridgehead atoms. The highest BCUT2D eigenvalue weighted by atomic mass is 19.4. The fraction of sp³-hybridized carbons (Fsp3) is 0.500. The maximum atomic E-state index is 12.5. The Labute approximate surface area is 99.8 Å². The number of ether oxygens (including phenoxy) is 1. The van der Waals surface area contributed by atoms with Gasteiger partial charge in [-0.1, -0.05) is 0 Å². The van der Waals surface area contributed by atoms with E-state index in [0.717, 1.165) is 0 Å². The summed E-state index contributed by atoms with van der Waals surface area (Å²) in [6, 6.07) is 2.90. The molecule has 3 nitrogen and oxygen atoms in total. The predicted octanol–water partition coefficient (Wildman–Crippen LogP) is 2.51. The minimum absolute atomic E-state index is 0.116. The second kappa shape index (κ2) is 5.47. The van der Waals surface area contributed by atoms with Crippen molar-refractivity contribution in [3.8, 4) is 5.75 Å². The van der Waals surface area contributed by atoms with Gasteiger partial charge in [0.25, 0.3) is 0 Å². The highest BCUT2D eigenvalue weighted by Crippen LogP contribution is 2.37. The van der Waals surface area contributed by atoms with E-state index in [2.05, 4.69) is 4.98 Å². The molecule has 0 aromatic carbocycles. The highest BCUT2D eigenvalue weighted by molar-refractivity contribution is 5.19. The molecule has 0 fully saturated rings. The number of halogens is 5. The van der Waals surface area contributed by atoms with Crippen molar-refractivity contribution in [3.63, 3.8) is 0 Å². The molecule has 8 heteroatoms. The number of hydrogen-bond donors (Lipinski definition) is 1. The zero-order chi connectivity index (χ0) is 13.8. The van der Waals surface area contributed by atoms with Crippen molar-refractivity contribution in [1.82, 2.24) is 4.98 Å². The molecule has 1 heterocycles. The summed E-state index contributed by atoms with van der Waals surface area (Å²) in [6.45, 7) is -0.553. The Balaban J connectivity index is 2.46. The summed E-state index contributed by atoms with van der Waals surface area (Å²) in [5, 5.41) is 0. The lowest BCUT2D eigenvalue weighted by Gasteiger charge is -2.19. The van der Waals surface area contributed by atoms with Gasteiger partial charge in [-0.25, -0.2) is 0 Å². The number of pyridine rings is 1. The Morgan fingerprint density at radius 2 is 1.83 bits per heavy atom. The maximum Gasteiger partial charge on any atom is 0.453 e. The zero-order valence-corrected chi connectivity index (χ0v) is 9.18. The van der Waals surface area contributed by atoms with Gasteiger partial charge in [0.1, 0.15) is 5.75 Å². The van der Waals surface area contributed by atoms with Crippen molar-refractivity contribution in [2.75, 3.05) is 6.61 Å². The number of hydrogen-bond acceptors (Lipinski definition) is 3. The normalized spacial score (nSPS) is 12.6. The summed E-state index contributed by atoms with van der Waals surface area (Å²) in [7, 11) is 0. The molecule has 1 aromatic heterocycles. The topological polar surface area (TPSA) is 48.1 Å². The lowest BCUT2D eigenvalue weighted by atomic mass is 10.2. The molecule has 0 aliphatic carbocycles. The van der Waals surface area contributed by atoms with Crippen molar-refractivity contribution >= 4 is 0 Å². The third-order valence-corrected chi connectivity index (χ3v) is 2.11. The number of nitrogens with zero attached hydrogens (tertiary/aromatic N) is 1. The summed E-state index contributed by atoms with van der Waals surface area (Å²) in [5.74, 6) is -4.64. The van der Waals surface area contributed by atoms with Crippen LogP contribution in [0, 0.1) is 0 Å². The average Bonchev–Trinajstić information content (AvgIpc) is 2.28. The summed E-state index contributed by atoms with van der Waals surface area (Å²) >= 11 is 0. The summed E-state index contributed by atoms with van der Waals surface area (Å²) in [4.78, 5) is 3.80. The monoisotopic (exact) mass is 270 g/mol. The van der Waals surface area contributed by atoms with Crippen LogP contribution in [0.2, 0.25) is 0 Å². The van der Waals surface area contributed by atoms with E-state index in [1.807, 2.05) is 0 Å². The van der Waals surface area contributed by atoms with Gasteiger partial charge in [-0.2, -0.15) is 22.0 Å². The Morgan fingerprint density at radius 1 is 1.17 bits per heavy atom. The Kier molecular flexibility index (Phi) is 4.44. The summed E-state index contributed by atoms with van der Waals surface area (Å²) in [6.07, 6.45) is -5.78. The maximum absolute atomic E-state index is 12.5. The predicted molar refractivity (Wildman–Crippen MR) is 53.2 cm³/mol. The first-order chi connectivity index (χ1) is 8.26. The molecule has 0 unspecified atom stereocenters. The van der Waals surface area contributed by atoms with E-state index in [4.69, 9.17) is 10.5 Å². The highest BCUT2D eigenvalue weighted by Gasteiger charge is 2.56. The number of aromatic nitrogens is 1. The van der Waals surface area contributed by atoms with Crippen LogP contribution in [0.25, 0.3) is 0 Å². The molecule has 1 rings (SSSR count). The van der Waals surface area contributed by atoms with Gasteiger partial charge in [0, 0.05) is 6.54 Å². The third-order valence-electron chi connectivity index (χ3n) is 2.11. The quantitative estimate of drug-likeness (QED) is 0.836. The summed E-state index contributed by atoms with van der Waals surface area (Å²) in [5.41, 5.74) is 5.84. The Hall–Kier alpha value is -1.44. The van der Waals surface area contributed by atoms with E-state index < -0.39 is 25.1 Å². The second-order valence-electron chi connectivity index (χ2n) is 3.49. The average molecular weight is 270 g/mol. The third kappa shape index (κ3) is 3.80. The van der Waals surface area contributed by atoms with E-state index in [1.165, 1.54) is 18.3 Å². The van der Waals surface area contributed by atoms with Crippen molar-refractivity contribution in [2.24, 2.45) is 5.73 Å². The lowest BCUT2D eigenvalue weighted by molar-refractivity contribution is -0.285. The fourth-order valence-electron chi connectivity index (χ4n) is 1.06. The first kappa shape index (κ1) is 14.6.